The van der Waals surface area contributed by atoms with Crippen LogP contribution in [0.3, 0.4) is 0 Å². The van der Waals surface area contributed by atoms with Crippen LogP contribution in [0, 0.1) is 0 Å². The Bertz CT molecular complexity index is 246. The van der Waals surface area contributed by atoms with E-state index in [0.29, 0.717) is 0 Å². The first-order valence-electron chi connectivity index (χ1n) is 8.67. The average molecular weight is 282 g/mol. The van der Waals surface area contributed by atoms with Gasteiger partial charge in [0.15, 0.2) is 0 Å². The van der Waals surface area contributed by atoms with Gasteiger partial charge in [0.25, 0.3) is 0 Å². The highest BCUT2D eigenvalue weighted by atomic mass is 28.2. The molecule has 0 atom stereocenters. The summed E-state index contributed by atoms with van der Waals surface area (Å²) in [6, 6.07) is 1.53. The predicted molar refractivity (Wildman–Crippen MR) is 90.8 cm³/mol. The molecule has 0 spiro atoms. The van der Waals surface area contributed by atoms with E-state index in [-0.39, 0.29) is 9.52 Å². The molecule has 0 amide bonds. The van der Waals surface area contributed by atoms with Crippen molar-refractivity contribution in [2.75, 3.05) is 19.6 Å². The van der Waals surface area contributed by atoms with Crippen LogP contribution >= 0.6 is 0 Å². The number of likely N-dealkylation sites (tertiary alicyclic amines) is 1. The molecular formula is C17H35NSi. The number of allylic oxidation sites excluding steroid dienone is 2. The molecule has 0 radical (unpaired) electrons. The summed E-state index contributed by atoms with van der Waals surface area (Å²) in [6.45, 7) is 11.2. The molecule has 1 aliphatic heterocycles. The summed E-state index contributed by atoms with van der Waals surface area (Å²) >= 11 is 0. The number of hydrogen-bond donors (Lipinski definition) is 0. The van der Waals surface area contributed by atoms with Gasteiger partial charge in [0.05, 0.1) is 0 Å². The first-order valence-corrected chi connectivity index (χ1v) is 10.4. The number of hydrogen-bond acceptors (Lipinski definition) is 1. The van der Waals surface area contributed by atoms with E-state index < -0.39 is 0 Å². The van der Waals surface area contributed by atoms with Crippen LogP contribution in [0.5, 0.6) is 0 Å². The second-order valence-electron chi connectivity index (χ2n) is 6.24. The van der Waals surface area contributed by atoms with Crippen molar-refractivity contribution in [2.24, 2.45) is 0 Å². The van der Waals surface area contributed by atoms with E-state index in [9.17, 15) is 0 Å². The van der Waals surface area contributed by atoms with Crippen LogP contribution < -0.4 is 0 Å². The maximum absolute atomic E-state index is 2.69. The zero-order chi connectivity index (χ0) is 13.9. The monoisotopic (exact) mass is 281 g/mol. The first-order chi connectivity index (χ1) is 9.27. The summed E-state index contributed by atoms with van der Waals surface area (Å²) in [4.78, 5) is 2.69. The normalized spacial score (nSPS) is 17.2. The first kappa shape index (κ1) is 17.0. The van der Waals surface area contributed by atoms with E-state index in [0.717, 1.165) is 0 Å². The Morgan fingerprint density at radius 2 is 1.63 bits per heavy atom. The standard InChI is InChI=1S/C17H35NSi/c1-4-10-17(11-5-2)16(3)19-15-9-14-18-12-7-6-8-13-18/h4-15,19H2,1-3H3. The lowest BCUT2D eigenvalue weighted by Crippen LogP contribution is -2.30. The molecule has 1 heterocycles. The van der Waals surface area contributed by atoms with E-state index >= 15 is 0 Å². The SMILES string of the molecule is CCCC(CCC)=C(C)[SiH2]CCCN1CCCCC1. The van der Waals surface area contributed by atoms with E-state index in [4.69, 9.17) is 0 Å². The fourth-order valence-electron chi connectivity index (χ4n) is 3.24. The molecule has 2 heteroatoms. The van der Waals surface area contributed by atoms with Gasteiger partial charge in [-0.05, 0) is 58.7 Å². The summed E-state index contributed by atoms with van der Waals surface area (Å²) < 4.78 is 0. The third-order valence-electron chi connectivity index (χ3n) is 4.43. The minimum absolute atomic E-state index is 0.0540. The van der Waals surface area contributed by atoms with Crippen molar-refractivity contribution in [3.8, 4) is 0 Å². The molecule has 0 aliphatic carbocycles. The Kier molecular flexibility index (Phi) is 9.53. The fraction of sp³-hybridized carbons (Fsp3) is 0.882. The maximum atomic E-state index is 2.69. The highest BCUT2D eigenvalue weighted by Gasteiger charge is 2.09. The molecule has 0 aromatic rings. The van der Waals surface area contributed by atoms with Crippen LogP contribution in [0.1, 0.15) is 72.1 Å². The van der Waals surface area contributed by atoms with Gasteiger partial charge in [-0.2, -0.15) is 0 Å². The minimum Gasteiger partial charge on any atom is -0.303 e. The molecular weight excluding hydrogens is 246 g/mol. The van der Waals surface area contributed by atoms with E-state index in [1.54, 1.807) is 0 Å². The van der Waals surface area contributed by atoms with Gasteiger partial charge >= 0.3 is 0 Å². The number of rotatable bonds is 9. The van der Waals surface area contributed by atoms with Crippen molar-refractivity contribution in [3.63, 3.8) is 0 Å². The molecule has 0 saturated carbocycles. The van der Waals surface area contributed by atoms with Gasteiger partial charge in [0, 0.05) is 9.52 Å². The van der Waals surface area contributed by atoms with Gasteiger partial charge in [-0.1, -0.05) is 49.9 Å². The van der Waals surface area contributed by atoms with Crippen molar-refractivity contribution < 1.29 is 0 Å². The second kappa shape index (κ2) is 10.7. The second-order valence-corrected chi connectivity index (χ2v) is 8.51. The Morgan fingerprint density at radius 3 is 2.21 bits per heavy atom. The maximum Gasteiger partial charge on any atom is 0.0492 e. The summed E-state index contributed by atoms with van der Waals surface area (Å²) in [5.41, 5.74) is 1.81. The van der Waals surface area contributed by atoms with Crippen molar-refractivity contribution in [3.05, 3.63) is 10.8 Å². The minimum atomic E-state index is 0.0540. The molecule has 0 aromatic carbocycles. The number of nitrogens with zero attached hydrogens (tertiary/aromatic N) is 1. The molecule has 112 valence electrons. The van der Waals surface area contributed by atoms with Crippen molar-refractivity contribution in [1.29, 1.82) is 0 Å². The Morgan fingerprint density at radius 1 is 1.00 bits per heavy atom. The molecule has 1 saturated heterocycles. The molecule has 1 rings (SSSR count). The fourth-order valence-corrected chi connectivity index (χ4v) is 4.95. The molecule has 0 aromatic heterocycles. The van der Waals surface area contributed by atoms with Gasteiger partial charge in [-0.25, -0.2) is 0 Å². The summed E-state index contributed by atoms with van der Waals surface area (Å²) in [5.74, 6) is 0. The molecule has 1 nitrogen and oxygen atoms in total. The van der Waals surface area contributed by atoms with E-state index in [2.05, 4.69) is 25.7 Å². The lowest BCUT2D eigenvalue weighted by Gasteiger charge is -2.26. The highest BCUT2D eigenvalue weighted by molar-refractivity contribution is 6.45. The van der Waals surface area contributed by atoms with Crippen molar-refractivity contribution in [1.82, 2.24) is 4.90 Å². The Balaban J connectivity index is 2.19. The van der Waals surface area contributed by atoms with Crippen LogP contribution in [0.2, 0.25) is 6.04 Å². The highest BCUT2D eigenvalue weighted by Crippen LogP contribution is 2.17. The zero-order valence-corrected chi connectivity index (χ0v) is 15.1. The average Bonchev–Trinajstić information content (AvgIpc) is 2.44. The molecule has 0 unspecified atom stereocenters. The van der Waals surface area contributed by atoms with Crippen LogP contribution in [-0.4, -0.2) is 34.1 Å². The largest absolute Gasteiger partial charge is 0.303 e. The molecule has 0 N–H and O–H groups in total. The summed E-state index contributed by atoms with van der Waals surface area (Å²) in [7, 11) is 0.0540. The van der Waals surface area contributed by atoms with Gasteiger partial charge < -0.3 is 4.90 Å². The van der Waals surface area contributed by atoms with Gasteiger partial charge in [0.1, 0.15) is 0 Å². The third-order valence-corrected chi connectivity index (χ3v) is 6.54. The van der Waals surface area contributed by atoms with Crippen LogP contribution in [0.4, 0.5) is 0 Å². The third kappa shape index (κ3) is 7.31. The Labute approximate surface area is 123 Å². The van der Waals surface area contributed by atoms with Crippen molar-refractivity contribution >= 4 is 9.52 Å². The lowest BCUT2D eigenvalue weighted by atomic mass is 10.1. The number of piperidine rings is 1. The lowest BCUT2D eigenvalue weighted by molar-refractivity contribution is 0.229. The van der Waals surface area contributed by atoms with Crippen LogP contribution in [0.25, 0.3) is 0 Å². The van der Waals surface area contributed by atoms with Crippen LogP contribution in [-0.2, 0) is 0 Å². The topological polar surface area (TPSA) is 3.24 Å². The summed E-state index contributed by atoms with van der Waals surface area (Å²) in [5, 5.41) is 1.84. The molecule has 1 aliphatic rings. The van der Waals surface area contributed by atoms with Gasteiger partial charge in [0.2, 0.25) is 0 Å². The smallest absolute Gasteiger partial charge is 0.0492 e. The quantitative estimate of drug-likeness (QED) is 0.449. The Hall–Kier alpha value is -0.0831. The molecule has 1 fully saturated rings. The summed E-state index contributed by atoms with van der Waals surface area (Å²) in [6.07, 6.45) is 11.2. The van der Waals surface area contributed by atoms with Crippen LogP contribution in [0.15, 0.2) is 10.8 Å². The predicted octanol–water partition coefficient (Wildman–Crippen LogP) is 4.32. The van der Waals surface area contributed by atoms with E-state index in [1.807, 2.05) is 10.8 Å². The van der Waals surface area contributed by atoms with Crippen molar-refractivity contribution in [2.45, 2.75) is 78.2 Å². The van der Waals surface area contributed by atoms with Gasteiger partial charge in [-0.3, -0.25) is 0 Å². The van der Waals surface area contributed by atoms with E-state index in [1.165, 1.54) is 77.0 Å². The molecule has 19 heavy (non-hydrogen) atoms. The zero-order valence-electron chi connectivity index (χ0n) is 13.6. The molecule has 0 bridgehead atoms. The van der Waals surface area contributed by atoms with Gasteiger partial charge in [-0.15, -0.1) is 0 Å².